The fourth-order valence-corrected chi connectivity index (χ4v) is 1.99. The first-order valence-electron chi connectivity index (χ1n) is 3.44. The molecule has 0 aromatic rings. The van der Waals surface area contributed by atoms with Gasteiger partial charge in [-0.05, 0) is 0 Å². The SMILES string of the molecule is COCC1[C@@H](OP=O)C(=O)N1P=N. The molecule has 0 saturated carbocycles. The number of carbonyl (C=O) groups excluding carboxylic acids is 1. The van der Waals surface area contributed by atoms with Gasteiger partial charge < -0.3 is 4.74 Å². The Balaban J connectivity index is 2.59. The van der Waals surface area contributed by atoms with E-state index in [0.717, 1.165) is 0 Å². The van der Waals surface area contributed by atoms with Crippen LogP contribution in [0.2, 0.25) is 0 Å². The number of nitrogens with one attached hydrogen (secondary N) is 1. The molecule has 0 aromatic carbocycles. The first-order chi connectivity index (χ1) is 6.26. The summed E-state index contributed by atoms with van der Waals surface area (Å²) < 4.78 is 20.9. The highest BCUT2D eigenvalue weighted by molar-refractivity contribution is 7.23. The van der Waals surface area contributed by atoms with Crippen molar-refractivity contribution in [2.45, 2.75) is 12.1 Å². The van der Waals surface area contributed by atoms with Crippen molar-refractivity contribution in [1.82, 2.24) is 4.67 Å². The largest absolute Gasteiger partial charge is 0.382 e. The van der Waals surface area contributed by atoms with Crippen LogP contribution < -0.4 is 0 Å². The summed E-state index contributed by atoms with van der Waals surface area (Å²) in [6, 6.07) is -0.293. The Bertz CT molecular complexity index is 237. The van der Waals surface area contributed by atoms with Crippen LogP contribution in [0, 0.1) is 5.16 Å². The van der Waals surface area contributed by atoms with Crippen LogP contribution in [-0.2, 0) is 18.6 Å². The molecule has 0 spiro atoms. The molecule has 1 aliphatic heterocycles. The number of carbonyl (C=O) groups is 1. The number of methoxy groups -OCH3 is 1. The van der Waals surface area contributed by atoms with E-state index in [1.165, 1.54) is 11.8 Å². The number of β-lactam (4-membered cyclic amide) rings is 1. The topological polar surface area (TPSA) is 79.7 Å². The second kappa shape index (κ2) is 4.72. The zero-order valence-electron chi connectivity index (χ0n) is 6.84. The molecule has 0 aromatic heterocycles. The van der Waals surface area contributed by atoms with E-state index in [1.54, 1.807) is 0 Å². The van der Waals surface area contributed by atoms with Gasteiger partial charge in [0.25, 0.3) is 5.91 Å². The molecule has 1 rings (SSSR count). The molecule has 0 aliphatic carbocycles. The van der Waals surface area contributed by atoms with Gasteiger partial charge in [-0.15, -0.1) is 0 Å². The Labute approximate surface area is 78.2 Å². The number of ether oxygens (including phenoxy) is 1. The molecule has 1 aliphatic rings. The predicted octanol–water partition coefficient (Wildman–Crippen LogP) is 1.06. The van der Waals surface area contributed by atoms with Gasteiger partial charge >= 0.3 is 8.69 Å². The van der Waals surface area contributed by atoms with Crippen LogP contribution >= 0.6 is 17.2 Å². The van der Waals surface area contributed by atoms with Crippen LogP contribution in [0.25, 0.3) is 0 Å². The highest BCUT2D eigenvalue weighted by Gasteiger charge is 2.48. The maximum absolute atomic E-state index is 11.1. The minimum Gasteiger partial charge on any atom is -0.382 e. The third kappa shape index (κ3) is 1.92. The molecule has 13 heavy (non-hydrogen) atoms. The minimum absolute atomic E-state index is 0.107. The van der Waals surface area contributed by atoms with Crippen molar-refractivity contribution in [1.29, 1.82) is 5.16 Å². The molecule has 6 nitrogen and oxygen atoms in total. The Hall–Kier alpha value is -0.410. The van der Waals surface area contributed by atoms with Gasteiger partial charge in [-0.25, -0.2) is 4.57 Å². The van der Waals surface area contributed by atoms with Crippen LogP contribution in [0.1, 0.15) is 0 Å². The lowest BCUT2D eigenvalue weighted by molar-refractivity contribution is -0.154. The lowest BCUT2D eigenvalue weighted by Crippen LogP contribution is -2.62. The third-order valence-corrected chi connectivity index (χ3v) is 2.76. The Morgan fingerprint density at radius 3 is 2.85 bits per heavy atom. The average molecular weight is 222 g/mol. The fourth-order valence-electron chi connectivity index (χ4n) is 1.12. The molecule has 72 valence electrons. The highest BCUT2D eigenvalue weighted by atomic mass is 31.1. The van der Waals surface area contributed by atoms with E-state index in [1.807, 2.05) is 0 Å². The summed E-state index contributed by atoms with van der Waals surface area (Å²) >= 11 is 0. The lowest BCUT2D eigenvalue weighted by atomic mass is 10.0. The monoisotopic (exact) mass is 222 g/mol. The van der Waals surface area contributed by atoms with Crippen molar-refractivity contribution >= 4 is 23.1 Å². The van der Waals surface area contributed by atoms with Crippen molar-refractivity contribution in [2.75, 3.05) is 13.7 Å². The number of hydrogen-bond acceptors (Lipinski definition) is 5. The normalized spacial score (nSPS) is 28.1. The van der Waals surface area contributed by atoms with Gasteiger partial charge in [0.15, 0.2) is 6.10 Å². The molecular weight excluding hydrogens is 214 g/mol. The number of rotatable bonds is 5. The number of nitrogens with zero attached hydrogens (tertiary/aromatic N) is 1. The van der Waals surface area contributed by atoms with Crippen LogP contribution in [0.4, 0.5) is 0 Å². The highest BCUT2D eigenvalue weighted by Crippen LogP contribution is 2.31. The molecule has 1 fully saturated rings. The molecular formula is C5H8N2O4P2. The van der Waals surface area contributed by atoms with E-state index in [2.05, 4.69) is 4.52 Å². The third-order valence-electron chi connectivity index (χ3n) is 1.73. The van der Waals surface area contributed by atoms with Crippen molar-refractivity contribution in [3.05, 3.63) is 0 Å². The second-order valence-electron chi connectivity index (χ2n) is 2.41. The van der Waals surface area contributed by atoms with E-state index < -0.39 is 14.8 Å². The Morgan fingerprint density at radius 2 is 2.38 bits per heavy atom. The summed E-state index contributed by atoms with van der Waals surface area (Å²) in [6.07, 6.45) is -0.725. The van der Waals surface area contributed by atoms with Gasteiger partial charge in [0.1, 0.15) is 14.6 Å². The molecule has 1 N–H and O–H groups in total. The molecule has 0 bridgehead atoms. The van der Waals surface area contributed by atoms with Gasteiger partial charge in [0, 0.05) is 7.11 Å². The van der Waals surface area contributed by atoms with E-state index in [4.69, 9.17) is 9.90 Å². The molecule has 1 amide bonds. The molecule has 2 atom stereocenters. The van der Waals surface area contributed by atoms with Gasteiger partial charge in [-0.2, -0.15) is 0 Å². The van der Waals surface area contributed by atoms with E-state index in [-0.39, 0.29) is 27.1 Å². The van der Waals surface area contributed by atoms with E-state index >= 15 is 0 Å². The number of amides is 1. The minimum atomic E-state index is -0.725. The maximum atomic E-state index is 11.1. The molecule has 1 saturated heterocycles. The van der Waals surface area contributed by atoms with Crippen LogP contribution in [-0.4, -0.2) is 36.4 Å². The van der Waals surface area contributed by atoms with Gasteiger partial charge in [-0.3, -0.25) is 19.2 Å². The lowest BCUT2D eigenvalue weighted by Gasteiger charge is -2.40. The molecule has 8 heteroatoms. The van der Waals surface area contributed by atoms with Crippen molar-refractivity contribution in [2.24, 2.45) is 0 Å². The van der Waals surface area contributed by atoms with E-state index in [9.17, 15) is 9.36 Å². The molecule has 1 heterocycles. The van der Waals surface area contributed by atoms with Crippen molar-refractivity contribution in [3.8, 4) is 0 Å². The average Bonchev–Trinajstić information content (AvgIpc) is 2.14. The number of hydrogen-bond donors (Lipinski definition) is 1. The fraction of sp³-hybridized carbons (Fsp3) is 0.800. The maximum Gasteiger partial charge on any atom is 0.328 e. The van der Waals surface area contributed by atoms with Gasteiger partial charge in [0.05, 0.1) is 6.61 Å². The van der Waals surface area contributed by atoms with E-state index in [0.29, 0.717) is 0 Å². The molecule has 0 radical (unpaired) electrons. The zero-order valence-corrected chi connectivity index (χ0v) is 8.63. The summed E-state index contributed by atoms with van der Waals surface area (Å²) in [5.74, 6) is -0.318. The first kappa shape index (κ1) is 10.7. The zero-order chi connectivity index (χ0) is 9.84. The quantitative estimate of drug-likeness (QED) is 0.557. The predicted molar refractivity (Wildman–Crippen MR) is 44.6 cm³/mol. The van der Waals surface area contributed by atoms with Crippen LogP contribution in [0.15, 0.2) is 0 Å². The Morgan fingerprint density at radius 1 is 1.69 bits per heavy atom. The Kier molecular flexibility index (Phi) is 3.88. The van der Waals surface area contributed by atoms with Crippen LogP contribution in [0.5, 0.6) is 0 Å². The van der Waals surface area contributed by atoms with Crippen molar-refractivity contribution in [3.63, 3.8) is 0 Å². The summed E-state index contributed by atoms with van der Waals surface area (Å²) in [5, 5.41) is 7.01. The summed E-state index contributed by atoms with van der Waals surface area (Å²) in [6.45, 7) is 0.289. The summed E-state index contributed by atoms with van der Waals surface area (Å²) in [4.78, 5) is 11.1. The second-order valence-corrected chi connectivity index (χ2v) is 3.40. The van der Waals surface area contributed by atoms with Gasteiger partial charge in [0.2, 0.25) is 0 Å². The summed E-state index contributed by atoms with van der Waals surface area (Å²) in [5.41, 5.74) is 0. The van der Waals surface area contributed by atoms with Crippen molar-refractivity contribution < 1.29 is 18.6 Å². The summed E-state index contributed by atoms with van der Waals surface area (Å²) in [7, 11) is 1.08. The smallest absolute Gasteiger partial charge is 0.328 e. The standard InChI is InChI=1S/C5H8N2O4P2/c1-10-2-3-4(11-13-9)5(8)7(3)12-6/h3-4,6H,2H2,1H3/t3?,4-/m1/s1. The first-order valence-corrected chi connectivity index (χ1v) is 5.02. The molecule has 1 unspecified atom stereocenters. The van der Waals surface area contributed by atoms with Crippen LogP contribution in [0.3, 0.4) is 0 Å². The van der Waals surface area contributed by atoms with Gasteiger partial charge in [-0.1, -0.05) is 0 Å².